The number of hydrogen-bond donors (Lipinski definition) is 1. The van der Waals surface area contributed by atoms with Crippen LogP contribution in [-0.2, 0) is 6.54 Å². The van der Waals surface area contributed by atoms with E-state index >= 15 is 0 Å². The van der Waals surface area contributed by atoms with E-state index in [-0.39, 0.29) is 0 Å². The molecule has 0 spiro atoms. The van der Waals surface area contributed by atoms with Crippen LogP contribution >= 0.6 is 11.3 Å². The monoisotopic (exact) mass is 378 g/mol. The number of aromatic nitrogens is 1. The lowest BCUT2D eigenvalue weighted by Gasteiger charge is -2.12. The third-order valence-electron chi connectivity index (χ3n) is 5.63. The van der Waals surface area contributed by atoms with E-state index in [1.165, 1.54) is 42.0 Å². The Morgan fingerprint density at radius 2 is 1.43 bits per heavy atom. The first-order valence-electron chi connectivity index (χ1n) is 9.48. The number of hydrogen-bond acceptors (Lipinski definition) is 2. The molecule has 0 saturated heterocycles. The van der Waals surface area contributed by atoms with Gasteiger partial charge in [0, 0.05) is 37.5 Å². The van der Waals surface area contributed by atoms with Gasteiger partial charge in [-0.2, -0.15) is 0 Å². The molecule has 2 N–H and O–H groups in total. The molecule has 0 saturated carbocycles. The van der Waals surface area contributed by atoms with Gasteiger partial charge in [-0.3, -0.25) is 0 Å². The van der Waals surface area contributed by atoms with Crippen molar-refractivity contribution >= 4 is 53.3 Å². The molecule has 0 fully saturated rings. The van der Waals surface area contributed by atoms with Crippen LogP contribution in [0.25, 0.3) is 47.7 Å². The molecule has 0 bridgehead atoms. The molecule has 6 rings (SSSR count). The smallest absolute Gasteiger partial charge is 0.0555 e. The van der Waals surface area contributed by atoms with Crippen molar-refractivity contribution in [2.24, 2.45) is 5.73 Å². The molecule has 0 aliphatic rings. The normalized spacial score (nSPS) is 11.9. The van der Waals surface area contributed by atoms with Crippen LogP contribution in [-0.4, -0.2) is 4.57 Å². The molecule has 2 aromatic heterocycles. The van der Waals surface area contributed by atoms with Gasteiger partial charge in [0.1, 0.15) is 0 Å². The van der Waals surface area contributed by atoms with Crippen molar-refractivity contribution in [3.05, 3.63) is 90.5 Å². The summed E-state index contributed by atoms with van der Waals surface area (Å²) in [6.45, 7) is 0.523. The number of nitrogens with zero attached hydrogens (tertiary/aromatic N) is 1. The Morgan fingerprint density at radius 1 is 0.679 bits per heavy atom. The standard InChI is InChI=1S/C25H18N2S/c26-15-16-7-1-4-10-20(16)27-21-11-5-2-9-19(21)24-22(27)14-13-18-17-8-3-6-12-23(17)28-25(18)24/h1-14H,15,26H2. The van der Waals surface area contributed by atoms with Gasteiger partial charge in [-0.25, -0.2) is 0 Å². The minimum Gasteiger partial charge on any atom is -0.326 e. The number of thiophene rings is 1. The summed E-state index contributed by atoms with van der Waals surface area (Å²) >= 11 is 1.89. The van der Waals surface area contributed by atoms with Crippen LogP contribution in [0, 0.1) is 0 Å². The number of para-hydroxylation sites is 2. The third kappa shape index (κ3) is 2.06. The number of nitrogens with two attached hydrogens (primary N) is 1. The molecule has 28 heavy (non-hydrogen) atoms. The zero-order chi connectivity index (χ0) is 18.7. The topological polar surface area (TPSA) is 30.9 Å². The van der Waals surface area contributed by atoms with Crippen LogP contribution < -0.4 is 5.73 Å². The fraction of sp³-hybridized carbons (Fsp3) is 0.0400. The van der Waals surface area contributed by atoms with Gasteiger partial charge in [0.25, 0.3) is 0 Å². The lowest BCUT2D eigenvalue weighted by molar-refractivity contribution is 1.03. The van der Waals surface area contributed by atoms with Gasteiger partial charge < -0.3 is 10.3 Å². The highest BCUT2D eigenvalue weighted by atomic mass is 32.1. The Morgan fingerprint density at radius 3 is 2.32 bits per heavy atom. The predicted molar refractivity (Wildman–Crippen MR) is 122 cm³/mol. The summed E-state index contributed by atoms with van der Waals surface area (Å²) in [5, 5.41) is 5.30. The quantitative estimate of drug-likeness (QED) is 0.361. The molecular weight excluding hydrogens is 360 g/mol. The zero-order valence-corrected chi connectivity index (χ0v) is 16.0. The fourth-order valence-corrected chi connectivity index (χ4v) is 5.66. The molecule has 3 heteroatoms. The summed E-state index contributed by atoms with van der Waals surface area (Å²) in [7, 11) is 0. The maximum Gasteiger partial charge on any atom is 0.0555 e. The summed E-state index contributed by atoms with van der Waals surface area (Å²) in [5.74, 6) is 0. The Balaban J connectivity index is 1.86. The Hall–Kier alpha value is -3.14. The Bertz CT molecular complexity index is 1500. The summed E-state index contributed by atoms with van der Waals surface area (Å²) < 4.78 is 5.07. The van der Waals surface area contributed by atoms with E-state index in [1.54, 1.807) is 0 Å². The highest BCUT2D eigenvalue weighted by Crippen LogP contribution is 2.43. The van der Waals surface area contributed by atoms with Crippen LogP contribution in [0.3, 0.4) is 0 Å². The summed E-state index contributed by atoms with van der Waals surface area (Å²) in [6, 6.07) is 30.4. The molecule has 134 valence electrons. The first kappa shape index (κ1) is 15.9. The van der Waals surface area contributed by atoms with E-state index < -0.39 is 0 Å². The van der Waals surface area contributed by atoms with E-state index in [9.17, 15) is 0 Å². The molecule has 0 amide bonds. The average Bonchev–Trinajstić information content (AvgIpc) is 3.29. The van der Waals surface area contributed by atoms with Gasteiger partial charge in [0.15, 0.2) is 0 Å². The van der Waals surface area contributed by atoms with Gasteiger partial charge >= 0.3 is 0 Å². The van der Waals surface area contributed by atoms with Crippen molar-refractivity contribution in [2.75, 3.05) is 0 Å². The second-order valence-corrected chi connectivity index (χ2v) is 8.17. The lowest BCUT2D eigenvalue weighted by atomic mass is 10.1. The molecule has 6 aromatic rings. The minimum atomic E-state index is 0.523. The number of benzene rings is 4. The van der Waals surface area contributed by atoms with Crippen molar-refractivity contribution in [1.29, 1.82) is 0 Å². The zero-order valence-electron chi connectivity index (χ0n) is 15.2. The van der Waals surface area contributed by atoms with E-state index in [1.807, 2.05) is 11.3 Å². The van der Waals surface area contributed by atoms with Crippen molar-refractivity contribution in [3.8, 4) is 5.69 Å². The van der Waals surface area contributed by atoms with Gasteiger partial charge in [-0.15, -0.1) is 11.3 Å². The van der Waals surface area contributed by atoms with Crippen molar-refractivity contribution < 1.29 is 0 Å². The van der Waals surface area contributed by atoms with Crippen LogP contribution in [0.4, 0.5) is 0 Å². The van der Waals surface area contributed by atoms with Crippen LogP contribution in [0.15, 0.2) is 84.9 Å². The summed E-state index contributed by atoms with van der Waals surface area (Å²) in [6.07, 6.45) is 0. The molecular formula is C25H18N2S. The van der Waals surface area contributed by atoms with Crippen LogP contribution in [0.2, 0.25) is 0 Å². The Kier molecular flexibility index (Phi) is 3.36. The van der Waals surface area contributed by atoms with E-state index in [4.69, 9.17) is 5.73 Å². The van der Waals surface area contributed by atoms with E-state index in [0.29, 0.717) is 6.54 Å². The molecule has 0 radical (unpaired) electrons. The lowest BCUT2D eigenvalue weighted by Crippen LogP contribution is -2.04. The Labute approximate surface area is 166 Å². The third-order valence-corrected chi connectivity index (χ3v) is 6.84. The molecule has 0 atom stereocenters. The maximum atomic E-state index is 6.08. The predicted octanol–water partition coefficient (Wildman–Crippen LogP) is 6.61. The molecule has 2 nitrogen and oxygen atoms in total. The SMILES string of the molecule is NCc1ccccc1-n1c2ccccc2c2c3sc4ccccc4c3ccc21. The molecule has 2 heterocycles. The van der Waals surface area contributed by atoms with Crippen LogP contribution in [0.5, 0.6) is 0 Å². The van der Waals surface area contributed by atoms with Gasteiger partial charge in [0.2, 0.25) is 0 Å². The fourth-order valence-electron chi connectivity index (χ4n) is 4.40. The second kappa shape index (κ2) is 5.93. The maximum absolute atomic E-state index is 6.08. The molecule has 4 aromatic carbocycles. The van der Waals surface area contributed by atoms with Gasteiger partial charge in [0.05, 0.1) is 16.7 Å². The van der Waals surface area contributed by atoms with Crippen molar-refractivity contribution in [3.63, 3.8) is 0 Å². The first-order valence-corrected chi connectivity index (χ1v) is 10.3. The first-order chi connectivity index (χ1) is 13.9. The minimum absolute atomic E-state index is 0.523. The number of rotatable bonds is 2. The molecule has 0 unspecified atom stereocenters. The van der Waals surface area contributed by atoms with Crippen molar-refractivity contribution in [2.45, 2.75) is 6.54 Å². The second-order valence-electron chi connectivity index (χ2n) is 7.12. The average molecular weight is 379 g/mol. The van der Waals surface area contributed by atoms with Gasteiger partial charge in [-0.1, -0.05) is 60.7 Å². The van der Waals surface area contributed by atoms with Crippen LogP contribution in [0.1, 0.15) is 5.56 Å². The summed E-state index contributed by atoms with van der Waals surface area (Å²) in [4.78, 5) is 0. The summed E-state index contributed by atoms with van der Waals surface area (Å²) in [5.41, 5.74) is 10.9. The largest absolute Gasteiger partial charge is 0.326 e. The van der Waals surface area contributed by atoms with Gasteiger partial charge in [-0.05, 0) is 29.8 Å². The van der Waals surface area contributed by atoms with E-state index in [0.717, 1.165) is 11.3 Å². The molecule has 0 aliphatic carbocycles. The van der Waals surface area contributed by atoms with Crippen molar-refractivity contribution in [1.82, 2.24) is 4.57 Å². The highest BCUT2D eigenvalue weighted by Gasteiger charge is 2.17. The molecule has 0 aliphatic heterocycles. The highest BCUT2D eigenvalue weighted by molar-refractivity contribution is 7.26. The number of fused-ring (bicyclic) bond motifs is 7. The van der Waals surface area contributed by atoms with E-state index in [2.05, 4.69) is 89.5 Å².